The van der Waals surface area contributed by atoms with Gasteiger partial charge >= 0.3 is 0 Å². The van der Waals surface area contributed by atoms with Crippen molar-refractivity contribution >= 4 is 17.5 Å². The SMILES string of the molecule is CCCCCNc1nc(Nc2ccc(C#N)cc2)cc(-c2ccccc2)n1. The van der Waals surface area contributed by atoms with Crippen LogP contribution < -0.4 is 10.6 Å². The highest BCUT2D eigenvalue weighted by atomic mass is 15.1. The highest BCUT2D eigenvalue weighted by molar-refractivity contribution is 5.67. The number of benzene rings is 2. The molecule has 0 aliphatic heterocycles. The van der Waals surface area contributed by atoms with Gasteiger partial charge in [-0.15, -0.1) is 0 Å². The predicted molar refractivity (Wildman–Crippen MR) is 110 cm³/mol. The summed E-state index contributed by atoms with van der Waals surface area (Å²) < 4.78 is 0. The quantitative estimate of drug-likeness (QED) is 0.531. The first-order valence-electron chi connectivity index (χ1n) is 9.24. The molecule has 0 saturated carbocycles. The molecule has 0 saturated heterocycles. The average molecular weight is 357 g/mol. The number of hydrogen-bond donors (Lipinski definition) is 2. The van der Waals surface area contributed by atoms with Gasteiger partial charge in [0.15, 0.2) is 0 Å². The molecule has 0 spiro atoms. The Labute approximate surface area is 160 Å². The van der Waals surface area contributed by atoms with Crippen LogP contribution in [0, 0.1) is 11.3 Å². The lowest BCUT2D eigenvalue weighted by Crippen LogP contribution is -2.07. The smallest absolute Gasteiger partial charge is 0.225 e. The van der Waals surface area contributed by atoms with Gasteiger partial charge in [-0.05, 0) is 30.7 Å². The molecule has 3 rings (SSSR count). The minimum Gasteiger partial charge on any atom is -0.354 e. The summed E-state index contributed by atoms with van der Waals surface area (Å²) in [7, 11) is 0. The summed E-state index contributed by atoms with van der Waals surface area (Å²) in [5.74, 6) is 1.33. The molecule has 0 fully saturated rings. The van der Waals surface area contributed by atoms with Crippen molar-refractivity contribution in [2.75, 3.05) is 17.2 Å². The third-order valence-corrected chi connectivity index (χ3v) is 4.15. The van der Waals surface area contributed by atoms with E-state index in [2.05, 4.69) is 33.6 Å². The Bertz CT molecular complexity index is 898. The highest BCUT2D eigenvalue weighted by Crippen LogP contribution is 2.23. The number of nitrogens with zero attached hydrogens (tertiary/aromatic N) is 3. The van der Waals surface area contributed by atoms with Crippen molar-refractivity contribution in [2.45, 2.75) is 26.2 Å². The molecular weight excluding hydrogens is 334 g/mol. The first-order valence-corrected chi connectivity index (χ1v) is 9.24. The molecule has 0 amide bonds. The Morgan fingerprint density at radius 2 is 1.74 bits per heavy atom. The van der Waals surface area contributed by atoms with Crippen molar-refractivity contribution in [3.63, 3.8) is 0 Å². The Morgan fingerprint density at radius 3 is 2.44 bits per heavy atom. The molecule has 1 aromatic heterocycles. The molecule has 0 aliphatic carbocycles. The van der Waals surface area contributed by atoms with E-state index in [1.807, 2.05) is 48.5 Å². The van der Waals surface area contributed by atoms with Crippen LogP contribution in [-0.2, 0) is 0 Å². The van der Waals surface area contributed by atoms with Crippen LogP contribution in [-0.4, -0.2) is 16.5 Å². The Hall–Kier alpha value is -3.39. The Balaban J connectivity index is 1.85. The molecule has 3 aromatic rings. The second-order valence-electron chi connectivity index (χ2n) is 6.28. The fraction of sp³-hybridized carbons (Fsp3) is 0.227. The molecule has 0 bridgehead atoms. The summed E-state index contributed by atoms with van der Waals surface area (Å²) in [6.07, 6.45) is 3.45. The largest absolute Gasteiger partial charge is 0.354 e. The van der Waals surface area contributed by atoms with Crippen LogP contribution in [0.2, 0.25) is 0 Å². The van der Waals surface area contributed by atoms with Gasteiger partial charge < -0.3 is 10.6 Å². The molecule has 0 unspecified atom stereocenters. The molecule has 2 N–H and O–H groups in total. The zero-order chi connectivity index (χ0) is 18.9. The topological polar surface area (TPSA) is 73.6 Å². The lowest BCUT2D eigenvalue weighted by atomic mass is 10.1. The fourth-order valence-corrected chi connectivity index (χ4v) is 2.70. The van der Waals surface area contributed by atoms with Gasteiger partial charge in [0.1, 0.15) is 5.82 Å². The van der Waals surface area contributed by atoms with E-state index < -0.39 is 0 Å². The van der Waals surface area contributed by atoms with Crippen LogP contribution in [0.1, 0.15) is 31.7 Å². The van der Waals surface area contributed by atoms with Gasteiger partial charge in [-0.25, -0.2) is 4.98 Å². The average Bonchev–Trinajstić information content (AvgIpc) is 2.72. The van der Waals surface area contributed by atoms with E-state index in [1.165, 1.54) is 12.8 Å². The second kappa shape index (κ2) is 9.35. The standard InChI is InChI=1S/C22H23N5/c1-2-3-7-14-24-22-26-20(18-8-5-4-6-9-18)15-21(27-22)25-19-12-10-17(16-23)11-13-19/h4-6,8-13,15H,2-3,7,14H2,1H3,(H2,24,25,26,27). The molecule has 0 aliphatic rings. The minimum absolute atomic E-state index is 0.614. The van der Waals surface area contributed by atoms with Crippen LogP contribution in [0.4, 0.5) is 17.5 Å². The van der Waals surface area contributed by atoms with Gasteiger partial charge in [0.05, 0.1) is 17.3 Å². The zero-order valence-corrected chi connectivity index (χ0v) is 15.4. The van der Waals surface area contributed by atoms with Crippen LogP contribution in [0.3, 0.4) is 0 Å². The lowest BCUT2D eigenvalue weighted by molar-refractivity contribution is 0.740. The normalized spacial score (nSPS) is 10.2. The summed E-state index contributed by atoms with van der Waals surface area (Å²) in [6, 6.07) is 21.4. The van der Waals surface area contributed by atoms with Crippen LogP contribution in [0.15, 0.2) is 60.7 Å². The van der Waals surface area contributed by atoms with Gasteiger partial charge in [0.25, 0.3) is 0 Å². The van der Waals surface area contributed by atoms with Crippen LogP contribution in [0.5, 0.6) is 0 Å². The summed E-state index contributed by atoms with van der Waals surface area (Å²) in [5.41, 5.74) is 3.41. The molecule has 0 atom stereocenters. The van der Waals surface area contributed by atoms with Gasteiger partial charge in [-0.3, -0.25) is 0 Å². The molecule has 5 nitrogen and oxygen atoms in total. The number of aromatic nitrogens is 2. The Morgan fingerprint density at radius 1 is 0.963 bits per heavy atom. The maximum Gasteiger partial charge on any atom is 0.225 e. The number of unbranched alkanes of at least 4 members (excludes halogenated alkanes) is 2. The number of nitriles is 1. The first-order chi connectivity index (χ1) is 13.3. The van der Waals surface area contributed by atoms with Crippen LogP contribution >= 0.6 is 0 Å². The molecule has 27 heavy (non-hydrogen) atoms. The van der Waals surface area contributed by atoms with Gasteiger partial charge in [0.2, 0.25) is 5.95 Å². The fourth-order valence-electron chi connectivity index (χ4n) is 2.70. The number of rotatable bonds is 8. The number of hydrogen-bond acceptors (Lipinski definition) is 5. The summed E-state index contributed by atoms with van der Waals surface area (Å²) in [4.78, 5) is 9.26. The number of anilines is 3. The number of nitrogens with one attached hydrogen (secondary N) is 2. The van der Waals surface area contributed by atoms with E-state index in [1.54, 1.807) is 12.1 Å². The maximum atomic E-state index is 8.94. The molecule has 2 aromatic carbocycles. The second-order valence-corrected chi connectivity index (χ2v) is 6.28. The monoisotopic (exact) mass is 357 g/mol. The van der Waals surface area contributed by atoms with Crippen molar-refractivity contribution in [1.82, 2.24) is 9.97 Å². The van der Waals surface area contributed by atoms with E-state index in [-0.39, 0.29) is 0 Å². The Kier molecular flexibility index (Phi) is 6.37. The third kappa shape index (κ3) is 5.29. The van der Waals surface area contributed by atoms with Gasteiger partial charge in [-0.2, -0.15) is 10.2 Å². The minimum atomic E-state index is 0.614. The molecule has 0 radical (unpaired) electrons. The van der Waals surface area contributed by atoms with Gasteiger partial charge in [-0.1, -0.05) is 50.1 Å². The first kappa shape index (κ1) is 18.4. The summed E-state index contributed by atoms with van der Waals surface area (Å²) in [5, 5.41) is 15.6. The molecular formula is C22H23N5. The van der Waals surface area contributed by atoms with Gasteiger partial charge in [0, 0.05) is 23.9 Å². The van der Waals surface area contributed by atoms with Crippen molar-refractivity contribution in [1.29, 1.82) is 5.26 Å². The molecule has 136 valence electrons. The lowest BCUT2D eigenvalue weighted by Gasteiger charge is -2.11. The maximum absolute atomic E-state index is 8.94. The summed E-state index contributed by atoms with van der Waals surface area (Å²) >= 11 is 0. The zero-order valence-electron chi connectivity index (χ0n) is 15.4. The van der Waals surface area contributed by atoms with Crippen molar-refractivity contribution < 1.29 is 0 Å². The van der Waals surface area contributed by atoms with Crippen LogP contribution in [0.25, 0.3) is 11.3 Å². The third-order valence-electron chi connectivity index (χ3n) is 4.15. The van der Waals surface area contributed by atoms with Crippen molar-refractivity contribution in [3.05, 3.63) is 66.2 Å². The van der Waals surface area contributed by atoms with E-state index in [0.29, 0.717) is 17.3 Å². The van der Waals surface area contributed by atoms with E-state index in [0.717, 1.165) is 29.9 Å². The van der Waals surface area contributed by atoms with E-state index >= 15 is 0 Å². The molecule has 1 heterocycles. The van der Waals surface area contributed by atoms with Crippen molar-refractivity contribution in [2.24, 2.45) is 0 Å². The van der Waals surface area contributed by atoms with E-state index in [4.69, 9.17) is 5.26 Å². The highest BCUT2D eigenvalue weighted by Gasteiger charge is 2.07. The van der Waals surface area contributed by atoms with E-state index in [9.17, 15) is 0 Å². The summed E-state index contributed by atoms with van der Waals surface area (Å²) in [6.45, 7) is 3.04. The molecule has 5 heteroatoms. The predicted octanol–water partition coefficient (Wildman–Crippen LogP) is 5.36. The van der Waals surface area contributed by atoms with Crippen molar-refractivity contribution in [3.8, 4) is 17.3 Å².